The molecule has 2 rings (SSSR count). The molecule has 0 N–H and O–H groups in total. The SMILES string of the molecule is Cc1ccc(Sc2ncncc2Br)cc1. The summed E-state index contributed by atoms with van der Waals surface area (Å²) in [6.07, 6.45) is 3.31. The Bertz CT molecular complexity index is 456. The number of rotatable bonds is 2. The zero-order chi connectivity index (χ0) is 10.7. The molecule has 0 bridgehead atoms. The molecule has 0 saturated carbocycles. The van der Waals surface area contributed by atoms with E-state index in [4.69, 9.17) is 0 Å². The molecule has 4 heteroatoms. The van der Waals surface area contributed by atoms with Crippen LogP contribution in [0.5, 0.6) is 0 Å². The molecule has 1 heterocycles. The number of nitrogens with zero attached hydrogens (tertiary/aromatic N) is 2. The first-order chi connectivity index (χ1) is 7.25. The lowest BCUT2D eigenvalue weighted by atomic mass is 10.2. The minimum atomic E-state index is 0.926. The lowest BCUT2D eigenvalue weighted by molar-refractivity contribution is 1.02. The normalized spacial score (nSPS) is 10.3. The van der Waals surface area contributed by atoms with Gasteiger partial charge in [0.25, 0.3) is 0 Å². The summed E-state index contributed by atoms with van der Waals surface area (Å²) in [6.45, 7) is 2.08. The third kappa shape index (κ3) is 2.79. The molecule has 0 amide bonds. The molecule has 0 fully saturated rings. The van der Waals surface area contributed by atoms with Crippen LogP contribution in [0.2, 0.25) is 0 Å². The van der Waals surface area contributed by atoms with E-state index in [1.165, 1.54) is 10.5 Å². The standard InChI is InChI=1S/C11H9BrN2S/c1-8-2-4-9(5-3-8)15-11-10(12)6-13-7-14-11/h2-7H,1H3. The molecule has 2 aromatic rings. The Balaban J connectivity index is 2.22. The zero-order valence-corrected chi connectivity index (χ0v) is 10.5. The fourth-order valence-corrected chi connectivity index (χ4v) is 2.30. The molecule has 0 aliphatic carbocycles. The van der Waals surface area contributed by atoms with E-state index in [1.54, 1.807) is 24.3 Å². The maximum Gasteiger partial charge on any atom is 0.118 e. The highest BCUT2D eigenvalue weighted by molar-refractivity contribution is 9.10. The highest BCUT2D eigenvalue weighted by Gasteiger charge is 2.02. The molecule has 0 aliphatic rings. The lowest BCUT2D eigenvalue weighted by Gasteiger charge is -2.02. The number of aryl methyl sites for hydroxylation is 1. The zero-order valence-electron chi connectivity index (χ0n) is 8.14. The summed E-state index contributed by atoms with van der Waals surface area (Å²) in [5.41, 5.74) is 1.26. The van der Waals surface area contributed by atoms with E-state index in [2.05, 4.69) is 57.1 Å². The van der Waals surface area contributed by atoms with Gasteiger partial charge in [-0.2, -0.15) is 0 Å². The maximum absolute atomic E-state index is 4.20. The Labute approximate surface area is 101 Å². The molecule has 0 atom stereocenters. The van der Waals surface area contributed by atoms with Gasteiger partial charge in [0.1, 0.15) is 11.4 Å². The topological polar surface area (TPSA) is 25.8 Å². The van der Waals surface area contributed by atoms with Crippen LogP contribution in [-0.4, -0.2) is 9.97 Å². The molecule has 0 aliphatic heterocycles. The highest BCUT2D eigenvalue weighted by Crippen LogP contribution is 2.30. The van der Waals surface area contributed by atoms with Crippen LogP contribution >= 0.6 is 27.7 Å². The lowest BCUT2D eigenvalue weighted by Crippen LogP contribution is -1.83. The van der Waals surface area contributed by atoms with Crippen LogP contribution in [-0.2, 0) is 0 Å². The van der Waals surface area contributed by atoms with Crippen LogP contribution in [0.4, 0.5) is 0 Å². The van der Waals surface area contributed by atoms with Gasteiger partial charge in [0.05, 0.1) is 4.47 Å². The van der Waals surface area contributed by atoms with Crippen molar-refractivity contribution in [1.29, 1.82) is 0 Å². The molecule has 0 radical (unpaired) electrons. The highest BCUT2D eigenvalue weighted by atomic mass is 79.9. The molecule has 0 unspecified atom stereocenters. The van der Waals surface area contributed by atoms with Gasteiger partial charge in [0.2, 0.25) is 0 Å². The van der Waals surface area contributed by atoms with Crippen LogP contribution in [0.3, 0.4) is 0 Å². The molecule has 0 spiro atoms. The van der Waals surface area contributed by atoms with Crippen LogP contribution in [0.25, 0.3) is 0 Å². The van der Waals surface area contributed by atoms with Crippen molar-refractivity contribution < 1.29 is 0 Å². The van der Waals surface area contributed by atoms with Crippen molar-refractivity contribution in [3.8, 4) is 0 Å². The number of halogens is 1. The average Bonchev–Trinajstić information content (AvgIpc) is 2.25. The van der Waals surface area contributed by atoms with Crippen LogP contribution < -0.4 is 0 Å². The second-order valence-corrected chi connectivity index (χ2v) is 5.01. The maximum atomic E-state index is 4.20. The largest absolute Gasteiger partial charge is 0.244 e. The van der Waals surface area contributed by atoms with Gasteiger partial charge in [-0.05, 0) is 35.0 Å². The summed E-state index contributed by atoms with van der Waals surface area (Å²) < 4.78 is 0.926. The molecular formula is C11H9BrN2S. The Kier molecular flexibility index (Phi) is 3.38. The minimum absolute atomic E-state index is 0.926. The van der Waals surface area contributed by atoms with Crippen molar-refractivity contribution in [3.63, 3.8) is 0 Å². The fraction of sp³-hybridized carbons (Fsp3) is 0.0909. The molecule has 1 aromatic heterocycles. The fourth-order valence-electron chi connectivity index (χ4n) is 1.09. The Morgan fingerprint density at radius 1 is 1.20 bits per heavy atom. The average molecular weight is 281 g/mol. The predicted octanol–water partition coefficient (Wildman–Crippen LogP) is 3.70. The summed E-state index contributed by atoms with van der Waals surface area (Å²) in [5, 5.41) is 0.939. The Morgan fingerprint density at radius 3 is 2.60 bits per heavy atom. The number of aromatic nitrogens is 2. The van der Waals surface area contributed by atoms with E-state index in [-0.39, 0.29) is 0 Å². The molecule has 15 heavy (non-hydrogen) atoms. The van der Waals surface area contributed by atoms with E-state index in [0.29, 0.717) is 0 Å². The van der Waals surface area contributed by atoms with Crippen LogP contribution in [0.15, 0.2) is 51.2 Å². The van der Waals surface area contributed by atoms with Gasteiger partial charge < -0.3 is 0 Å². The summed E-state index contributed by atoms with van der Waals surface area (Å²) in [7, 11) is 0. The summed E-state index contributed by atoms with van der Waals surface area (Å²) in [6, 6.07) is 8.37. The Morgan fingerprint density at radius 2 is 1.93 bits per heavy atom. The first-order valence-electron chi connectivity index (χ1n) is 4.46. The number of hydrogen-bond acceptors (Lipinski definition) is 3. The first-order valence-corrected chi connectivity index (χ1v) is 6.06. The number of hydrogen-bond donors (Lipinski definition) is 0. The summed E-state index contributed by atoms with van der Waals surface area (Å²) in [4.78, 5) is 9.31. The van der Waals surface area contributed by atoms with E-state index < -0.39 is 0 Å². The second-order valence-electron chi connectivity index (χ2n) is 3.09. The first kappa shape index (κ1) is 10.6. The van der Waals surface area contributed by atoms with Gasteiger partial charge >= 0.3 is 0 Å². The molecular weight excluding hydrogens is 272 g/mol. The van der Waals surface area contributed by atoms with E-state index >= 15 is 0 Å². The van der Waals surface area contributed by atoms with E-state index in [9.17, 15) is 0 Å². The predicted molar refractivity (Wildman–Crippen MR) is 65.0 cm³/mol. The van der Waals surface area contributed by atoms with Gasteiger partial charge in [-0.25, -0.2) is 9.97 Å². The molecule has 1 aromatic carbocycles. The molecule has 2 nitrogen and oxygen atoms in total. The van der Waals surface area contributed by atoms with Gasteiger partial charge in [-0.15, -0.1) is 0 Å². The van der Waals surface area contributed by atoms with Gasteiger partial charge in [0, 0.05) is 11.1 Å². The summed E-state index contributed by atoms with van der Waals surface area (Å²) >= 11 is 5.05. The van der Waals surface area contributed by atoms with Crippen molar-refractivity contribution in [2.45, 2.75) is 16.8 Å². The molecule has 0 saturated heterocycles. The van der Waals surface area contributed by atoms with Gasteiger partial charge in [0.15, 0.2) is 0 Å². The van der Waals surface area contributed by atoms with Gasteiger partial charge in [-0.1, -0.05) is 29.5 Å². The monoisotopic (exact) mass is 280 g/mol. The second kappa shape index (κ2) is 4.77. The quantitative estimate of drug-likeness (QED) is 0.785. The van der Waals surface area contributed by atoms with Crippen LogP contribution in [0, 0.1) is 6.92 Å². The van der Waals surface area contributed by atoms with Gasteiger partial charge in [-0.3, -0.25) is 0 Å². The summed E-state index contributed by atoms with van der Waals surface area (Å²) in [5.74, 6) is 0. The minimum Gasteiger partial charge on any atom is -0.244 e. The van der Waals surface area contributed by atoms with Crippen molar-refractivity contribution in [3.05, 3.63) is 46.8 Å². The third-order valence-electron chi connectivity index (χ3n) is 1.87. The third-order valence-corrected chi connectivity index (χ3v) is 3.74. The van der Waals surface area contributed by atoms with E-state index in [1.807, 2.05) is 0 Å². The van der Waals surface area contributed by atoms with Crippen LogP contribution in [0.1, 0.15) is 5.56 Å². The van der Waals surface area contributed by atoms with Crippen molar-refractivity contribution >= 4 is 27.7 Å². The number of benzene rings is 1. The molecule has 76 valence electrons. The van der Waals surface area contributed by atoms with Crippen molar-refractivity contribution in [2.24, 2.45) is 0 Å². The Hall–Kier alpha value is -0.870. The van der Waals surface area contributed by atoms with Crippen molar-refractivity contribution in [1.82, 2.24) is 9.97 Å². The van der Waals surface area contributed by atoms with Crippen molar-refractivity contribution in [2.75, 3.05) is 0 Å². The smallest absolute Gasteiger partial charge is 0.118 e. The van der Waals surface area contributed by atoms with E-state index in [0.717, 1.165) is 9.50 Å².